The maximum absolute atomic E-state index is 13.9. The number of hydrazine groups is 1. The van der Waals surface area contributed by atoms with Crippen molar-refractivity contribution in [2.24, 2.45) is 11.8 Å². The van der Waals surface area contributed by atoms with Gasteiger partial charge in [-0.1, -0.05) is 69.6 Å². The van der Waals surface area contributed by atoms with Gasteiger partial charge in [-0.05, 0) is 42.5 Å². The van der Waals surface area contributed by atoms with Crippen LogP contribution in [0, 0.1) is 17.7 Å². The normalized spacial score (nSPS) is 28.8. The number of hydrogen-bond acceptors (Lipinski definition) is 4. The van der Waals surface area contributed by atoms with E-state index in [4.69, 9.17) is 92.8 Å². The maximum atomic E-state index is 13.9. The second-order valence-corrected chi connectivity index (χ2v) is 13.1. The Morgan fingerprint density at radius 2 is 1.28 bits per heavy atom. The molecule has 15 heteroatoms. The first-order valence-electron chi connectivity index (χ1n) is 10.9. The van der Waals surface area contributed by atoms with Crippen molar-refractivity contribution in [1.29, 1.82) is 0 Å². The largest absolute Gasteiger partial charge is 0.292 e. The van der Waals surface area contributed by atoms with Gasteiger partial charge >= 0.3 is 0 Å². The number of carbonyl (C=O) groups excluding carboxylic acids is 4. The minimum Gasteiger partial charge on any atom is -0.292 e. The average Bonchev–Trinajstić information content (AvgIpc) is 3.27. The molecule has 2 aliphatic carbocycles. The Hall–Kier alpha value is -1.29. The van der Waals surface area contributed by atoms with Gasteiger partial charge in [-0.25, -0.2) is 9.40 Å². The molecular formula is C24H11Cl8FN2O4. The smallest absolute Gasteiger partial charge is 0.273 e. The van der Waals surface area contributed by atoms with Gasteiger partial charge in [0.25, 0.3) is 17.7 Å². The van der Waals surface area contributed by atoms with E-state index in [0.717, 1.165) is 12.1 Å². The molecule has 6 nitrogen and oxygen atoms in total. The zero-order valence-electron chi connectivity index (χ0n) is 18.8. The van der Waals surface area contributed by atoms with E-state index in [9.17, 15) is 23.6 Å². The molecule has 2 bridgehead atoms. The third-order valence-corrected chi connectivity index (χ3v) is 12.0. The third kappa shape index (κ3) is 3.81. The number of imide groups is 1. The van der Waals surface area contributed by atoms with Crippen LogP contribution in [0.15, 0.2) is 52.5 Å². The molecule has 2 aromatic carbocycles. The summed E-state index contributed by atoms with van der Waals surface area (Å²) >= 11 is 51.2. The van der Waals surface area contributed by atoms with Gasteiger partial charge in [-0.3, -0.25) is 19.2 Å². The molecule has 3 amide bonds. The Morgan fingerprint density at radius 1 is 0.795 bits per heavy atom. The quantitative estimate of drug-likeness (QED) is 0.196. The Morgan fingerprint density at radius 3 is 1.77 bits per heavy atom. The summed E-state index contributed by atoms with van der Waals surface area (Å²) in [7, 11) is 0. The summed E-state index contributed by atoms with van der Waals surface area (Å²) in [4.78, 5) is 50.3. The molecule has 5 rings (SSSR count). The fraction of sp³-hybridized carbons (Fsp3) is 0.250. The van der Waals surface area contributed by atoms with Crippen molar-refractivity contribution in [3.8, 4) is 0 Å². The minimum absolute atomic E-state index is 0.00128. The van der Waals surface area contributed by atoms with Gasteiger partial charge in [-0.15, -0.1) is 23.2 Å². The van der Waals surface area contributed by atoms with Crippen molar-refractivity contribution in [1.82, 2.24) is 10.0 Å². The molecule has 1 aliphatic heterocycles. The summed E-state index contributed by atoms with van der Waals surface area (Å²) in [6.45, 7) is -0.825. The van der Waals surface area contributed by atoms with Crippen LogP contribution in [0.4, 0.5) is 4.39 Å². The summed E-state index contributed by atoms with van der Waals surface area (Å²) in [5.74, 6) is -7.48. The molecule has 0 N–H and O–H groups in total. The van der Waals surface area contributed by atoms with Crippen LogP contribution in [0.1, 0.15) is 20.7 Å². The Labute approximate surface area is 260 Å². The molecule has 0 radical (unpaired) electrons. The highest BCUT2D eigenvalue weighted by molar-refractivity contribution is 6.66. The second-order valence-electron chi connectivity index (χ2n) is 8.99. The van der Waals surface area contributed by atoms with E-state index in [2.05, 4.69) is 0 Å². The van der Waals surface area contributed by atoms with E-state index < -0.39 is 61.8 Å². The number of rotatable bonds is 5. The predicted octanol–water partition coefficient (Wildman–Crippen LogP) is 6.82. The van der Waals surface area contributed by atoms with Crippen molar-refractivity contribution in [2.75, 3.05) is 6.54 Å². The number of carbonyl (C=O) groups is 4. The van der Waals surface area contributed by atoms with Crippen LogP contribution in [-0.4, -0.2) is 54.1 Å². The molecule has 204 valence electrons. The third-order valence-electron chi connectivity index (χ3n) is 6.99. The Balaban J connectivity index is 1.60. The molecule has 2 fully saturated rings. The number of hydrogen-bond donors (Lipinski definition) is 0. The lowest BCUT2D eigenvalue weighted by Crippen LogP contribution is -2.56. The summed E-state index contributed by atoms with van der Waals surface area (Å²) in [6.07, 6.45) is 0. The Bertz CT molecular complexity index is 1470. The SMILES string of the molecule is O=C(CN(C(=O)c1ccc(Cl)c(Cl)c1)N1C(=O)[C@@H]2[C@H](C1=O)[C@@]1(Cl)C(Cl)=C(Cl)[C@@]2(Cl)C1(Cl)Cl)c1ccc(F)cc1. The van der Waals surface area contributed by atoms with Crippen LogP contribution in [-0.2, 0) is 9.59 Å². The van der Waals surface area contributed by atoms with Gasteiger partial charge in [0, 0.05) is 11.1 Å². The van der Waals surface area contributed by atoms with E-state index in [1.165, 1.54) is 30.3 Å². The van der Waals surface area contributed by atoms with E-state index >= 15 is 0 Å². The van der Waals surface area contributed by atoms with Gasteiger partial charge in [0.15, 0.2) is 10.1 Å². The summed E-state index contributed by atoms with van der Waals surface area (Å²) < 4.78 is 11.2. The van der Waals surface area contributed by atoms with Crippen LogP contribution in [0.5, 0.6) is 0 Å². The van der Waals surface area contributed by atoms with E-state index in [1.807, 2.05) is 0 Å². The fourth-order valence-electron chi connectivity index (χ4n) is 5.09. The first kappa shape index (κ1) is 29.2. The first-order valence-corrected chi connectivity index (χ1v) is 13.9. The minimum atomic E-state index is -2.19. The molecule has 1 saturated heterocycles. The first-order chi connectivity index (χ1) is 18.1. The number of allylic oxidation sites excluding steroid dienone is 2. The van der Waals surface area contributed by atoms with Crippen molar-refractivity contribution in [3.63, 3.8) is 0 Å². The molecule has 2 aromatic rings. The number of benzene rings is 2. The van der Waals surface area contributed by atoms with Crippen LogP contribution in [0.3, 0.4) is 0 Å². The second kappa shape index (κ2) is 9.63. The molecule has 0 unspecified atom stereocenters. The van der Waals surface area contributed by atoms with E-state index in [0.29, 0.717) is 10.0 Å². The highest BCUT2D eigenvalue weighted by Crippen LogP contribution is 2.77. The highest BCUT2D eigenvalue weighted by atomic mass is 35.5. The summed E-state index contributed by atoms with van der Waals surface area (Å²) in [5.41, 5.74) is -0.116. The summed E-state index contributed by atoms with van der Waals surface area (Å²) in [6, 6.07) is 8.24. The topological polar surface area (TPSA) is 74.8 Å². The van der Waals surface area contributed by atoms with Crippen LogP contribution in [0.2, 0.25) is 10.0 Å². The van der Waals surface area contributed by atoms with Crippen LogP contribution < -0.4 is 0 Å². The molecule has 3 aliphatic rings. The molecule has 39 heavy (non-hydrogen) atoms. The summed E-state index contributed by atoms with van der Waals surface area (Å²) in [5, 5.41) is 0.557. The number of Topliss-reactive ketones (excluding diaryl/α,β-unsaturated/α-hetero) is 1. The van der Waals surface area contributed by atoms with Crippen molar-refractivity contribution in [3.05, 3.63) is 79.5 Å². The van der Waals surface area contributed by atoms with E-state index in [1.54, 1.807) is 0 Å². The average molecular weight is 694 g/mol. The number of amides is 3. The fourth-order valence-corrected chi connectivity index (χ4v) is 8.32. The van der Waals surface area contributed by atoms with Gasteiger partial charge < -0.3 is 0 Å². The van der Waals surface area contributed by atoms with Crippen LogP contribution >= 0.6 is 92.8 Å². The van der Waals surface area contributed by atoms with Gasteiger partial charge in [0.2, 0.25) is 0 Å². The molecule has 0 aromatic heterocycles. The number of halogens is 9. The van der Waals surface area contributed by atoms with Crippen molar-refractivity contribution < 1.29 is 23.6 Å². The lowest BCUT2D eigenvalue weighted by Gasteiger charge is -2.36. The van der Waals surface area contributed by atoms with Gasteiger partial charge in [-0.2, -0.15) is 5.01 Å². The zero-order valence-corrected chi connectivity index (χ0v) is 24.9. The number of nitrogens with zero attached hydrogens (tertiary/aromatic N) is 2. The molecule has 1 saturated carbocycles. The van der Waals surface area contributed by atoms with Gasteiger partial charge in [0.05, 0.1) is 31.9 Å². The monoisotopic (exact) mass is 690 g/mol. The van der Waals surface area contributed by atoms with Crippen molar-refractivity contribution >= 4 is 116 Å². The Kier molecular flexibility index (Phi) is 7.22. The van der Waals surface area contributed by atoms with E-state index in [-0.39, 0.29) is 31.2 Å². The predicted molar refractivity (Wildman–Crippen MR) is 147 cm³/mol. The number of alkyl halides is 4. The molecular weight excluding hydrogens is 683 g/mol. The lowest BCUT2D eigenvalue weighted by atomic mass is 9.84. The van der Waals surface area contributed by atoms with Gasteiger partial charge in [0.1, 0.15) is 22.1 Å². The zero-order chi connectivity index (χ0) is 28.8. The molecule has 0 spiro atoms. The molecule has 4 atom stereocenters. The van der Waals surface area contributed by atoms with Crippen LogP contribution in [0.25, 0.3) is 0 Å². The number of fused-ring (bicyclic) bond motifs is 5. The molecule has 1 heterocycles. The van der Waals surface area contributed by atoms with Crippen molar-refractivity contribution in [2.45, 2.75) is 14.1 Å². The standard InChI is InChI=1S/C24H11Cl8FN2O4/c25-12-6-3-10(7-13(12)26)19(37)34(8-14(36)9-1-4-11(33)5-2-9)35-20(38)15-16(21(35)39)23(30)18(28)17(27)22(15,29)24(23,31)32/h1-7,15-16H,8H2/t15-,16+,22-,23-/m1/s1. The number of ketones is 1. The highest BCUT2D eigenvalue weighted by Gasteiger charge is 2.88. The maximum Gasteiger partial charge on any atom is 0.273 e. The lowest BCUT2D eigenvalue weighted by molar-refractivity contribution is -0.154.